The van der Waals surface area contributed by atoms with Crippen LogP contribution in [0.4, 0.5) is 0 Å². The molecule has 0 aromatic heterocycles. The molecule has 0 saturated carbocycles. The number of carbonyl (C=O) groups excluding carboxylic acids is 1. The van der Waals surface area contributed by atoms with Crippen molar-refractivity contribution in [1.82, 2.24) is 9.80 Å². The van der Waals surface area contributed by atoms with E-state index in [2.05, 4.69) is 4.90 Å². The zero-order chi connectivity index (χ0) is 15.9. The monoisotopic (exact) mass is 314 g/mol. The van der Waals surface area contributed by atoms with Crippen molar-refractivity contribution >= 4 is 5.91 Å². The van der Waals surface area contributed by atoms with E-state index in [1.165, 1.54) is 0 Å². The highest BCUT2D eigenvalue weighted by atomic mass is 16.5. The summed E-state index contributed by atoms with van der Waals surface area (Å²) in [7, 11) is 0. The summed E-state index contributed by atoms with van der Waals surface area (Å²) in [5, 5.41) is 9.69. The van der Waals surface area contributed by atoms with Gasteiger partial charge in [-0.3, -0.25) is 9.69 Å². The second-order valence-electron chi connectivity index (χ2n) is 6.30. The molecule has 6 nitrogen and oxygen atoms in total. The Bertz CT molecular complexity index is 339. The van der Waals surface area contributed by atoms with Gasteiger partial charge in [-0.15, -0.1) is 0 Å². The van der Waals surface area contributed by atoms with E-state index in [9.17, 15) is 9.90 Å². The number of β-amino-alcohol motifs (C(OH)–C–C–N with tert-alkyl or cyclic N) is 1. The first-order valence-electron chi connectivity index (χ1n) is 8.52. The Morgan fingerprint density at radius 3 is 2.68 bits per heavy atom. The maximum absolute atomic E-state index is 12.4. The van der Waals surface area contributed by atoms with Gasteiger partial charge in [-0.25, -0.2) is 0 Å². The van der Waals surface area contributed by atoms with Crippen molar-refractivity contribution in [2.45, 2.75) is 51.4 Å². The number of rotatable bonds is 7. The summed E-state index contributed by atoms with van der Waals surface area (Å²) in [4.78, 5) is 16.5. The van der Waals surface area contributed by atoms with Crippen molar-refractivity contribution < 1.29 is 19.4 Å². The van der Waals surface area contributed by atoms with Gasteiger partial charge >= 0.3 is 0 Å². The first-order chi connectivity index (χ1) is 10.6. The molecule has 22 heavy (non-hydrogen) atoms. The van der Waals surface area contributed by atoms with Crippen molar-refractivity contribution in [3.63, 3.8) is 0 Å². The number of amides is 1. The number of carbonyl (C=O) groups is 1. The van der Waals surface area contributed by atoms with Crippen molar-refractivity contribution in [2.24, 2.45) is 0 Å². The maximum Gasteiger partial charge on any atom is 0.251 e. The molecule has 2 rings (SSSR count). The molecule has 2 saturated heterocycles. The van der Waals surface area contributed by atoms with E-state index in [-0.39, 0.29) is 18.1 Å². The molecule has 6 heteroatoms. The Morgan fingerprint density at radius 1 is 1.36 bits per heavy atom. The van der Waals surface area contributed by atoms with Gasteiger partial charge < -0.3 is 19.5 Å². The highest BCUT2D eigenvalue weighted by molar-refractivity contribution is 5.80. The number of hydrogen-bond acceptors (Lipinski definition) is 5. The van der Waals surface area contributed by atoms with Gasteiger partial charge in [0.05, 0.1) is 18.8 Å². The molecule has 1 N–H and O–H groups in total. The smallest absolute Gasteiger partial charge is 0.251 e. The van der Waals surface area contributed by atoms with E-state index in [1.54, 1.807) is 0 Å². The predicted molar refractivity (Wildman–Crippen MR) is 83.7 cm³/mol. The topological polar surface area (TPSA) is 62.2 Å². The number of piperazine rings is 1. The summed E-state index contributed by atoms with van der Waals surface area (Å²) in [6.45, 7) is 8.89. The Balaban J connectivity index is 1.67. The van der Waals surface area contributed by atoms with E-state index in [0.717, 1.165) is 39.0 Å². The van der Waals surface area contributed by atoms with Crippen LogP contribution in [0.2, 0.25) is 0 Å². The number of ether oxygens (including phenoxy) is 2. The quantitative estimate of drug-likeness (QED) is 0.741. The van der Waals surface area contributed by atoms with Crippen LogP contribution in [0.1, 0.15) is 33.1 Å². The molecule has 2 fully saturated rings. The minimum atomic E-state index is -0.406. The van der Waals surface area contributed by atoms with Crippen LogP contribution in [0.15, 0.2) is 0 Å². The molecule has 0 radical (unpaired) electrons. The minimum absolute atomic E-state index is 0.0636. The fourth-order valence-corrected chi connectivity index (χ4v) is 2.93. The molecule has 2 heterocycles. The zero-order valence-electron chi connectivity index (χ0n) is 13.9. The fraction of sp³-hybridized carbons (Fsp3) is 0.938. The van der Waals surface area contributed by atoms with Gasteiger partial charge in [0, 0.05) is 39.3 Å². The lowest BCUT2D eigenvalue weighted by Gasteiger charge is -2.36. The van der Waals surface area contributed by atoms with E-state index in [1.807, 2.05) is 18.7 Å². The highest BCUT2D eigenvalue weighted by Crippen LogP contribution is 2.14. The lowest BCUT2D eigenvalue weighted by atomic mass is 10.2. The van der Waals surface area contributed by atoms with Crippen LogP contribution < -0.4 is 0 Å². The molecule has 2 aliphatic rings. The molecular weight excluding hydrogens is 284 g/mol. The molecular formula is C16H30N2O4. The lowest BCUT2D eigenvalue weighted by molar-refractivity contribution is -0.146. The second-order valence-corrected chi connectivity index (χ2v) is 6.30. The number of aliphatic hydroxyl groups excluding tert-OH is 1. The van der Waals surface area contributed by atoms with Gasteiger partial charge in [0.1, 0.15) is 6.10 Å². The molecule has 0 aliphatic carbocycles. The first-order valence-corrected chi connectivity index (χ1v) is 8.52. The van der Waals surface area contributed by atoms with Gasteiger partial charge in [-0.2, -0.15) is 0 Å². The average Bonchev–Trinajstić information content (AvgIpc) is 3.06. The van der Waals surface area contributed by atoms with Crippen molar-refractivity contribution in [1.29, 1.82) is 0 Å². The van der Waals surface area contributed by atoms with Gasteiger partial charge in [-0.05, 0) is 26.2 Å². The fourth-order valence-electron chi connectivity index (χ4n) is 2.93. The molecule has 128 valence electrons. The summed E-state index contributed by atoms with van der Waals surface area (Å²) in [5.41, 5.74) is 0. The third kappa shape index (κ3) is 5.19. The summed E-state index contributed by atoms with van der Waals surface area (Å²) < 4.78 is 11.2. The van der Waals surface area contributed by atoms with Crippen molar-refractivity contribution in [3.05, 3.63) is 0 Å². The SMILES string of the molecule is CC[C@H](O)CN1CCN(C(=O)[C@@H](C)OC[C@@H]2CCCO2)CC1. The minimum Gasteiger partial charge on any atom is -0.392 e. The Hall–Kier alpha value is -0.690. The van der Waals surface area contributed by atoms with Gasteiger partial charge in [-0.1, -0.05) is 6.92 Å². The molecule has 1 amide bonds. The third-order valence-corrected chi connectivity index (χ3v) is 4.53. The van der Waals surface area contributed by atoms with Gasteiger partial charge in [0.15, 0.2) is 0 Å². The van der Waals surface area contributed by atoms with Crippen LogP contribution in [-0.4, -0.2) is 85.1 Å². The molecule has 0 aromatic carbocycles. The lowest BCUT2D eigenvalue weighted by Crippen LogP contribution is -2.52. The predicted octanol–water partition coefficient (Wildman–Crippen LogP) is 0.486. The second kappa shape index (κ2) is 8.82. The van der Waals surface area contributed by atoms with Crippen molar-refractivity contribution in [2.75, 3.05) is 45.9 Å². The van der Waals surface area contributed by atoms with Crippen LogP contribution in [0.3, 0.4) is 0 Å². The molecule has 0 spiro atoms. The van der Waals surface area contributed by atoms with E-state index >= 15 is 0 Å². The largest absolute Gasteiger partial charge is 0.392 e. The van der Waals surface area contributed by atoms with Crippen LogP contribution in [0, 0.1) is 0 Å². The number of nitrogens with zero attached hydrogens (tertiary/aromatic N) is 2. The molecule has 0 bridgehead atoms. The Morgan fingerprint density at radius 2 is 2.09 bits per heavy atom. The first kappa shape index (κ1) is 17.7. The van der Waals surface area contributed by atoms with E-state index in [4.69, 9.17) is 9.47 Å². The van der Waals surface area contributed by atoms with Crippen molar-refractivity contribution in [3.8, 4) is 0 Å². The molecule has 0 aromatic rings. The van der Waals surface area contributed by atoms with E-state index in [0.29, 0.717) is 26.2 Å². The summed E-state index contributed by atoms with van der Waals surface area (Å²) in [5.74, 6) is 0.0636. The standard InChI is InChI=1S/C16H30N2O4/c1-3-14(19)11-17-6-8-18(9-7-17)16(20)13(2)22-12-15-5-4-10-21-15/h13-15,19H,3-12H2,1-2H3/t13-,14+,15+/m1/s1. The van der Waals surface area contributed by atoms with Gasteiger partial charge in [0.2, 0.25) is 0 Å². The number of aliphatic hydroxyl groups is 1. The Labute approximate surface area is 133 Å². The van der Waals surface area contributed by atoms with Crippen LogP contribution >= 0.6 is 0 Å². The summed E-state index contributed by atoms with van der Waals surface area (Å²) >= 11 is 0. The summed E-state index contributed by atoms with van der Waals surface area (Å²) in [6, 6.07) is 0. The van der Waals surface area contributed by atoms with Crippen LogP contribution in [-0.2, 0) is 14.3 Å². The molecule has 3 atom stereocenters. The third-order valence-electron chi connectivity index (χ3n) is 4.53. The zero-order valence-corrected chi connectivity index (χ0v) is 13.9. The average molecular weight is 314 g/mol. The Kier molecular flexibility index (Phi) is 7.08. The molecule has 2 aliphatic heterocycles. The summed E-state index contributed by atoms with van der Waals surface area (Å²) in [6.07, 6.45) is 2.37. The van der Waals surface area contributed by atoms with Crippen LogP contribution in [0.5, 0.6) is 0 Å². The van der Waals surface area contributed by atoms with Gasteiger partial charge in [0.25, 0.3) is 5.91 Å². The normalized spacial score (nSPS) is 26.1. The number of hydrogen-bond donors (Lipinski definition) is 1. The highest BCUT2D eigenvalue weighted by Gasteiger charge is 2.27. The van der Waals surface area contributed by atoms with E-state index < -0.39 is 6.10 Å². The molecule has 0 unspecified atom stereocenters. The van der Waals surface area contributed by atoms with Crippen LogP contribution in [0.25, 0.3) is 0 Å². The maximum atomic E-state index is 12.4.